The smallest absolute Gasteiger partial charge is 0.250 e. The van der Waals surface area contributed by atoms with Crippen molar-refractivity contribution >= 4 is 33.5 Å². The summed E-state index contributed by atoms with van der Waals surface area (Å²) in [5, 5.41) is 12.1. The number of nitrogens with two attached hydrogens (primary N) is 1. The van der Waals surface area contributed by atoms with E-state index >= 15 is 0 Å². The van der Waals surface area contributed by atoms with Crippen LogP contribution in [-0.2, 0) is 6.54 Å². The Hall–Kier alpha value is -3.26. The summed E-state index contributed by atoms with van der Waals surface area (Å²) in [5.41, 5.74) is 10.9. The summed E-state index contributed by atoms with van der Waals surface area (Å²) in [5.74, 6) is -0.399. The fraction of sp³-hybridized carbons (Fsp3) is 0.200. The topological polar surface area (TPSA) is 91.5 Å². The van der Waals surface area contributed by atoms with E-state index in [-0.39, 0.29) is 12.3 Å². The Morgan fingerprint density at radius 2 is 2.06 bits per heavy atom. The number of allylic oxidation sites excluding steroid dienone is 1. The molecule has 1 amide bonds. The molecular formula is C25H25N5OS. The molecule has 0 fully saturated rings. The van der Waals surface area contributed by atoms with Crippen LogP contribution in [0.1, 0.15) is 38.9 Å². The first-order valence-electron chi connectivity index (χ1n) is 10.6. The zero-order chi connectivity index (χ0) is 22.1. The van der Waals surface area contributed by atoms with Crippen LogP contribution in [0, 0.1) is 6.92 Å². The fourth-order valence-electron chi connectivity index (χ4n) is 4.39. The van der Waals surface area contributed by atoms with E-state index in [0.29, 0.717) is 5.56 Å². The van der Waals surface area contributed by atoms with Gasteiger partial charge < -0.3 is 11.1 Å². The highest BCUT2D eigenvalue weighted by molar-refractivity contribution is 7.19. The minimum Gasteiger partial charge on any atom is -0.366 e. The predicted octanol–water partition coefficient (Wildman–Crippen LogP) is 3.86. The third kappa shape index (κ3) is 3.86. The maximum absolute atomic E-state index is 12.0. The van der Waals surface area contributed by atoms with Crippen molar-refractivity contribution in [2.24, 2.45) is 10.7 Å². The Bertz CT molecular complexity index is 1260. The molecule has 2 aliphatic rings. The largest absolute Gasteiger partial charge is 0.366 e. The van der Waals surface area contributed by atoms with E-state index in [1.165, 1.54) is 11.1 Å². The van der Waals surface area contributed by atoms with Crippen molar-refractivity contribution in [3.63, 3.8) is 0 Å². The van der Waals surface area contributed by atoms with Crippen LogP contribution in [0.2, 0.25) is 0 Å². The van der Waals surface area contributed by atoms with Gasteiger partial charge in [0.15, 0.2) is 0 Å². The van der Waals surface area contributed by atoms with Gasteiger partial charge in [0, 0.05) is 51.6 Å². The van der Waals surface area contributed by atoms with Gasteiger partial charge in [0.1, 0.15) is 6.17 Å². The molecule has 0 saturated carbocycles. The van der Waals surface area contributed by atoms with Gasteiger partial charge in [-0.1, -0.05) is 42.5 Å². The number of carbonyl (C=O) groups is 1. The van der Waals surface area contributed by atoms with Gasteiger partial charge in [-0.3, -0.25) is 20.4 Å². The van der Waals surface area contributed by atoms with E-state index in [0.717, 1.165) is 39.2 Å². The number of fused-ring (bicyclic) bond motifs is 1. The summed E-state index contributed by atoms with van der Waals surface area (Å²) in [6.45, 7) is 2.84. The third-order valence-electron chi connectivity index (χ3n) is 5.92. The lowest BCUT2D eigenvalue weighted by Gasteiger charge is -2.36. The molecule has 3 aromatic rings. The van der Waals surface area contributed by atoms with Gasteiger partial charge in [-0.25, -0.2) is 0 Å². The zero-order valence-electron chi connectivity index (χ0n) is 17.8. The van der Waals surface area contributed by atoms with Gasteiger partial charge in [-0.15, -0.1) is 11.3 Å². The number of nitrogens with zero attached hydrogens (tertiary/aromatic N) is 1. The quantitative estimate of drug-likeness (QED) is 0.482. The van der Waals surface area contributed by atoms with Crippen LogP contribution < -0.4 is 21.7 Å². The molecule has 0 spiro atoms. The van der Waals surface area contributed by atoms with Gasteiger partial charge in [0.2, 0.25) is 5.91 Å². The molecule has 5 N–H and O–H groups in total. The highest BCUT2D eigenvalue weighted by atomic mass is 32.1. The molecule has 0 aliphatic carbocycles. The van der Waals surface area contributed by atoms with Crippen molar-refractivity contribution in [2.45, 2.75) is 32.2 Å². The highest BCUT2D eigenvalue weighted by Gasteiger charge is 2.30. The van der Waals surface area contributed by atoms with Gasteiger partial charge in [0.25, 0.3) is 0 Å². The SMILES string of the molecule is Cc1sc2c(C(N)=O)cccc2c1C1NC2=C(CC=NC=C2)C(NCc2ccccc2)N1. The molecular weight excluding hydrogens is 418 g/mol. The molecule has 32 heavy (non-hydrogen) atoms. The van der Waals surface area contributed by atoms with Crippen LogP contribution in [-0.4, -0.2) is 18.3 Å². The maximum Gasteiger partial charge on any atom is 0.250 e. The van der Waals surface area contributed by atoms with Gasteiger partial charge in [0.05, 0.1) is 11.7 Å². The third-order valence-corrected chi connectivity index (χ3v) is 7.09. The average molecular weight is 444 g/mol. The van der Waals surface area contributed by atoms with Crippen molar-refractivity contribution in [3.8, 4) is 0 Å². The molecule has 2 aromatic carbocycles. The van der Waals surface area contributed by atoms with Crippen LogP contribution in [0.15, 0.2) is 77.1 Å². The lowest BCUT2D eigenvalue weighted by Crippen LogP contribution is -2.53. The number of thiophene rings is 1. The fourth-order valence-corrected chi connectivity index (χ4v) is 5.60. The van der Waals surface area contributed by atoms with Crippen molar-refractivity contribution < 1.29 is 4.79 Å². The molecule has 1 aromatic heterocycles. The predicted molar refractivity (Wildman–Crippen MR) is 130 cm³/mol. The molecule has 2 aliphatic heterocycles. The second-order valence-electron chi connectivity index (χ2n) is 7.95. The van der Waals surface area contributed by atoms with E-state index in [1.807, 2.05) is 30.6 Å². The Morgan fingerprint density at radius 3 is 2.88 bits per heavy atom. The van der Waals surface area contributed by atoms with E-state index in [9.17, 15) is 4.79 Å². The van der Waals surface area contributed by atoms with Crippen molar-refractivity contribution in [1.29, 1.82) is 0 Å². The van der Waals surface area contributed by atoms with Crippen LogP contribution in [0.5, 0.6) is 0 Å². The second kappa shape index (κ2) is 8.70. The number of carbonyl (C=O) groups excluding carboxylic acids is 1. The van der Waals surface area contributed by atoms with Crippen LogP contribution >= 0.6 is 11.3 Å². The molecule has 5 rings (SSSR count). The number of nitrogens with one attached hydrogen (secondary N) is 3. The number of hydrogen-bond acceptors (Lipinski definition) is 6. The summed E-state index contributed by atoms with van der Waals surface area (Å²) >= 11 is 1.61. The molecule has 3 heterocycles. The highest BCUT2D eigenvalue weighted by Crippen LogP contribution is 2.38. The summed E-state index contributed by atoms with van der Waals surface area (Å²) in [7, 11) is 0. The van der Waals surface area contributed by atoms with E-state index in [1.54, 1.807) is 17.4 Å². The van der Waals surface area contributed by atoms with E-state index in [2.05, 4.69) is 58.2 Å². The zero-order valence-corrected chi connectivity index (χ0v) is 18.6. The standard InChI is InChI=1S/C25H25N5OS/c1-15-21(18-8-5-9-19(23(26)31)22(18)32-15)25-29-20-11-13-27-12-10-17(20)24(30-25)28-14-16-6-3-2-4-7-16/h2-9,11-13,24-25,28-30H,10,14H2,1H3,(H2,26,31). The first-order valence-corrected chi connectivity index (χ1v) is 11.5. The maximum atomic E-state index is 12.0. The second-order valence-corrected chi connectivity index (χ2v) is 9.18. The van der Waals surface area contributed by atoms with Crippen molar-refractivity contribution in [1.82, 2.24) is 16.0 Å². The van der Waals surface area contributed by atoms with Crippen LogP contribution in [0.25, 0.3) is 10.1 Å². The molecule has 0 bridgehead atoms. The Kier molecular flexibility index (Phi) is 5.61. The Balaban J connectivity index is 1.52. The number of aryl methyl sites for hydroxylation is 1. The number of amides is 1. The van der Waals surface area contributed by atoms with Gasteiger partial charge in [-0.05, 0) is 30.2 Å². The lowest BCUT2D eigenvalue weighted by molar-refractivity contribution is 0.100. The Labute approximate surface area is 190 Å². The summed E-state index contributed by atoms with van der Waals surface area (Å²) < 4.78 is 0.935. The van der Waals surface area contributed by atoms with Crippen molar-refractivity contribution in [2.75, 3.05) is 0 Å². The summed E-state index contributed by atoms with van der Waals surface area (Å²) in [6.07, 6.45) is 6.40. The van der Waals surface area contributed by atoms with Crippen LogP contribution in [0.3, 0.4) is 0 Å². The molecule has 6 nitrogen and oxygen atoms in total. The lowest BCUT2D eigenvalue weighted by atomic mass is 9.99. The Morgan fingerprint density at radius 1 is 1.22 bits per heavy atom. The number of benzene rings is 2. The molecule has 2 atom stereocenters. The molecule has 0 radical (unpaired) electrons. The molecule has 7 heteroatoms. The minimum absolute atomic E-state index is 0.0284. The first-order chi connectivity index (χ1) is 15.6. The number of rotatable bonds is 5. The van der Waals surface area contributed by atoms with Gasteiger partial charge >= 0.3 is 0 Å². The molecule has 0 saturated heterocycles. The number of aliphatic imine (C=N–C) groups is 1. The van der Waals surface area contributed by atoms with E-state index in [4.69, 9.17) is 5.73 Å². The van der Waals surface area contributed by atoms with E-state index < -0.39 is 5.91 Å². The normalized spacial score (nSPS) is 20.2. The monoisotopic (exact) mass is 443 g/mol. The summed E-state index contributed by atoms with van der Waals surface area (Å²) in [4.78, 5) is 17.5. The average Bonchev–Trinajstić information content (AvgIpc) is 2.96. The minimum atomic E-state index is -0.399. The van der Waals surface area contributed by atoms with Crippen molar-refractivity contribution in [3.05, 3.63) is 93.6 Å². The van der Waals surface area contributed by atoms with Crippen LogP contribution in [0.4, 0.5) is 0 Å². The number of hydrogen-bond donors (Lipinski definition) is 4. The molecule has 2 unspecified atom stereocenters. The number of primary amides is 1. The molecule has 162 valence electrons. The van der Waals surface area contributed by atoms with Gasteiger partial charge in [-0.2, -0.15) is 0 Å². The summed E-state index contributed by atoms with van der Waals surface area (Å²) in [6, 6.07) is 16.1. The first kappa shape index (κ1) is 20.6.